The van der Waals surface area contributed by atoms with Crippen LogP contribution in [0.5, 0.6) is 0 Å². The Bertz CT molecular complexity index is 1150. The Labute approximate surface area is 167 Å². The number of benzene rings is 2. The molecule has 29 heavy (non-hydrogen) atoms. The number of nitrogens with zero attached hydrogens (tertiary/aromatic N) is 2. The van der Waals surface area contributed by atoms with Gasteiger partial charge in [0, 0.05) is 17.5 Å². The molecule has 7 nitrogen and oxygen atoms in total. The number of aromatic amines is 2. The fraction of sp³-hybridized carbons (Fsp3) is 0.318. The Morgan fingerprint density at radius 3 is 2.76 bits per heavy atom. The Hall–Kier alpha value is -3.19. The van der Waals surface area contributed by atoms with E-state index >= 15 is 0 Å². The molecule has 2 aromatic carbocycles. The molecular formula is C22H23N5O2. The van der Waals surface area contributed by atoms with Gasteiger partial charge in [-0.05, 0) is 43.2 Å². The van der Waals surface area contributed by atoms with Crippen LogP contribution in [0.1, 0.15) is 42.5 Å². The van der Waals surface area contributed by atoms with Gasteiger partial charge in [-0.1, -0.05) is 31.4 Å². The summed E-state index contributed by atoms with van der Waals surface area (Å²) in [4.78, 5) is 20.6. The van der Waals surface area contributed by atoms with Crippen LogP contribution < -0.4 is 5.32 Å². The molecule has 0 aliphatic heterocycles. The van der Waals surface area contributed by atoms with Gasteiger partial charge in [0.25, 0.3) is 5.91 Å². The minimum atomic E-state index is -0.785. The summed E-state index contributed by atoms with van der Waals surface area (Å²) in [5.74, 6) is 0.467. The van der Waals surface area contributed by atoms with E-state index in [0.29, 0.717) is 17.1 Å². The molecule has 4 N–H and O–H groups in total. The minimum Gasteiger partial charge on any atom is -0.388 e. The number of nitrogens with one attached hydrogen (secondary N) is 3. The molecule has 0 atom stereocenters. The number of hydrogen-bond donors (Lipinski definition) is 4. The van der Waals surface area contributed by atoms with Gasteiger partial charge in [-0.2, -0.15) is 5.10 Å². The fourth-order valence-electron chi connectivity index (χ4n) is 4.13. The molecular weight excluding hydrogens is 366 g/mol. The van der Waals surface area contributed by atoms with E-state index in [0.717, 1.165) is 54.0 Å². The summed E-state index contributed by atoms with van der Waals surface area (Å²) in [5, 5.41) is 21.8. The Kier molecular flexibility index (Phi) is 4.32. The van der Waals surface area contributed by atoms with Gasteiger partial charge in [0.05, 0.1) is 22.2 Å². The number of hydrogen-bond acceptors (Lipinski definition) is 4. The third-order valence-corrected chi connectivity index (χ3v) is 5.80. The molecule has 5 rings (SSSR count). The molecule has 4 aromatic rings. The summed E-state index contributed by atoms with van der Waals surface area (Å²) in [7, 11) is 0. The topological polar surface area (TPSA) is 107 Å². The molecule has 1 aliphatic rings. The van der Waals surface area contributed by atoms with Crippen LogP contribution in [0.2, 0.25) is 0 Å². The second kappa shape index (κ2) is 7.00. The fourth-order valence-corrected chi connectivity index (χ4v) is 4.13. The molecule has 7 heteroatoms. The van der Waals surface area contributed by atoms with Crippen molar-refractivity contribution in [3.63, 3.8) is 0 Å². The van der Waals surface area contributed by atoms with Crippen LogP contribution >= 0.6 is 0 Å². The lowest BCUT2D eigenvalue weighted by atomic mass is 9.85. The molecule has 0 unspecified atom stereocenters. The molecule has 0 spiro atoms. The van der Waals surface area contributed by atoms with Crippen molar-refractivity contribution in [3.05, 3.63) is 48.0 Å². The van der Waals surface area contributed by atoms with E-state index in [1.807, 2.05) is 36.4 Å². The van der Waals surface area contributed by atoms with Gasteiger partial charge in [-0.25, -0.2) is 4.98 Å². The zero-order chi connectivity index (χ0) is 19.8. The average Bonchev–Trinajstić information content (AvgIpc) is 3.35. The first kappa shape index (κ1) is 17.9. The lowest BCUT2D eigenvalue weighted by Crippen LogP contribution is -2.44. The normalized spacial score (nSPS) is 16.3. The maximum absolute atomic E-state index is 12.7. The first-order valence-corrected chi connectivity index (χ1v) is 10.1. The number of fused-ring (bicyclic) bond motifs is 2. The monoisotopic (exact) mass is 389 g/mol. The Morgan fingerprint density at radius 2 is 1.93 bits per heavy atom. The quantitative estimate of drug-likeness (QED) is 0.428. The maximum Gasteiger partial charge on any atom is 0.251 e. The number of H-pyrrole nitrogens is 2. The molecule has 1 amide bonds. The standard InChI is InChI=1S/C22H23N5O2/c28-21(23-13-22(29)10-4-1-5-11-22)14-8-9-16-15(12-14)19(27-26-16)20-24-17-6-2-3-7-18(17)25-20/h2-3,6-9,12,29H,1,4-5,10-11,13H2,(H,23,28)(H,24,25)(H,26,27). The highest BCUT2D eigenvalue weighted by atomic mass is 16.3. The van der Waals surface area contributed by atoms with Gasteiger partial charge in [0.2, 0.25) is 0 Å². The van der Waals surface area contributed by atoms with Gasteiger partial charge in [-0.15, -0.1) is 0 Å². The predicted molar refractivity (Wildman–Crippen MR) is 112 cm³/mol. The van der Waals surface area contributed by atoms with Crippen molar-refractivity contribution in [2.24, 2.45) is 0 Å². The number of amides is 1. The van der Waals surface area contributed by atoms with Crippen LogP contribution in [0.3, 0.4) is 0 Å². The number of carbonyl (C=O) groups excluding carboxylic acids is 1. The van der Waals surface area contributed by atoms with Gasteiger partial charge in [0.15, 0.2) is 5.82 Å². The smallest absolute Gasteiger partial charge is 0.251 e. The molecule has 2 aromatic heterocycles. The number of rotatable bonds is 4. The van der Waals surface area contributed by atoms with E-state index in [1.165, 1.54) is 0 Å². The predicted octanol–water partition coefficient (Wildman–Crippen LogP) is 3.53. The minimum absolute atomic E-state index is 0.192. The second-order valence-corrected chi connectivity index (χ2v) is 7.90. The summed E-state index contributed by atoms with van der Waals surface area (Å²) in [6.45, 7) is 0.283. The Balaban J connectivity index is 1.42. The number of aromatic nitrogens is 4. The van der Waals surface area contributed by atoms with Crippen LogP contribution in [-0.4, -0.2) is 43.3 Å². The zero-order valence-electron chi connectivity index (χ0n) is 16.0. The first-order chi connectivity index (χ1) is 14.1. The van der Waals surface area contributed by atoms with Crippen molar-refractivity contribution in [1.29, 1.82) is 0 Å². The van der Waals surface area contributed by atoms with E-state index in [-0.39, 0.29) is 12.5 Å². The number of carbonyl (C=O) groups is 1. The number of para-hydroxylation sites is 2. The van der Waals surface area contributed by atoms with Gasteiger partial charge < -0.3 is 15.4 Å². The van der Waals surface area contributed by atoms with Crippen molar-refractivity contribution in [3.8, 4) is 11.5 Å². The second-order valence-electron chi connectivity index (χ2n) is 7.90. The summed E-state index contributed by atoms with van der Waals surface area (Å²) < 4.78 is 0. The van der Waals surface area contributed by atoms with Gasteiger partial charge in [0.1, 0.15) is 5.69 Å². The first-order valence-electron chi connectivity index (χ1n) is 10.1. The van der Waals surface area contributed by atoms with Crippen molar-refractivity contribution >= 4 is 27.8 Å². The molecule has 2 heterocycles. The summed E-state index contributed by atoms with van der Waals surface area (Å²) >= 11 is 0. The third kappa shape index (κ3) is 3.38. The number of imidazole rings is 1. The van der Waals surface area contributed by atoms with Crippen molar-refractivity contribution in [2.45, 2.75) is 37.7 Å². The van der Waals surface area contributed by atoms with E-state index in [1.54, 1.807) is 6.07 Å². The maximum atomic E-state index is 12.7. The Morgan fingerprint density at radius 1 is 1.10 bits per heavy atom. The third-order valence-electron chi connectivity index (χ3n) is 5.80. The summed E-state index contributed by atoms with van der Waals surface area (Å²) in [6, 6.07) is 13.2. The summed E-state index contributed by atoms with van der Waals surface area (Å²) in [5.41, 5.74) is 3.07. The number of aliphatic hydroxyl groups is 1. The zero-order valence-corrected chi connectivity index (χ0v) is 16.0. The van der Waals surface area contributed by atoms with E-state index in [2.05, 4.69) is 25.5 Å². The van der Waals surface area contributed by atoms with E-state index in [9.17, 15) is 9.90 Å². The SMILES string of the molecule is O=C(NCC1(O)CCCCC1)c1ccc2[nH]nc(-c3nc4ccccc4[nH]3)c2c1. The summed E-state index contributed by atoms with van der Waals surface area (Å²) in [6.07, 6.45) is 4.65. The molecule has 0 radical (unpaired) electrons. The van der Waals surface area contributed by atoms with Crippen molar-refractivity contribution in [2.75, 3.05) is 6.54 Å². The van der Waals surface area contributed by atoms with Crippen molar-refractivity contribution < 1.29 is 9.90 Å². The highest BCUT2D eigenvalue weighted by Crippen LogP contribution is 2.28. The molecule has 1 aliphatic carbocycles. The van der Waals surface area contributed by atoms with Gasteiger partial charge in [-0.3, -0.25) is 9.89 Å². The van der Waals surface area contributed by atoms with Gasteiger partial charge >= 0.3 is 0 Å². The lowest BCUT2D eigenvalue weighted by molar-refractivity contribution is 0.00526. The molecule has 1 saturated carbocycles. The van der Waals surface area contributed by atoms with Crippen LogP contribution in [0, 0.1) is 0 Å². The lowest BCUT2D eigenvalue weighted by Gasteiger charge is -2.32. The van der Waals surface area contributed by atoms with Crippen LogP contribution in [0.4, 0.5) is 0 Å². The highest BCUT2D eigenvalue weighted by molar-refractivity contribution is 6.01. The average molecular weight is 389 g/mol. The van der Waals surface area contributed by atoms with Crippen LogP contribution in [0.25, 0.3) is 33.5 Å². The highest BCUT2D eigenvalue weighted by Gasteiger charge is 2.29. The van der Waals surface area contributed by atoms with Crippen LogP contribution in [0.15, 0.2) is 42.5 Å². The van der Waals surface area contributed by atoms with Crippen molar-refractivity contribution in [1.82, 2.24) is 25.5 Å². The van der Waals surface area contributed by atoms with E-state index < -0.39 is 5.60 Å². The molecule has 0 bridgehead atoms. The molecule has 0 saturated heterocycles. The van der Waals surface area contributed by atoms with E-state index in [4.69, 9.17) is 0 Å². The molecule has 1 fully saturated rings. The molecule has 148 valence electrons. The largest absolute Gasteiger partial charge is 0.388 e. The van der Waals surface area contributed by atoms with Crippen LogP contribution in [-0.2, 0) is 0 Å².